The molecule has 1 fully saturated rings. The molecule has 3 rings (SSSR count). The van der Waals surface area contributed by atoms with Crippen molar-refractivity contribution in [3.05, 3.63) is 35.6 Å². The number of rotatable bonds is 3. The third-order valence-corrected chi connectivity index (χ3v) is 3.35. The van der Waals surface area contributed by atoms with E-state index in [2.05, 4.69) is 4.90 Å². The largest absolute Gasteiger partial charge is 0.478 e. The summed E-state index contributed by atoms with van der Waals surface area (Å²) in [6.07, 6.45) is 0. The van der Waals surface area contributed by atoms with Crippen LogP contribution in [0.1, 0.15) is 16.1 Å². The number of hydrogen-bond acceptors (Lipinski definition) is 4. The van der Waals surface area contributed by atoms with Crippen LogP contribution in [-0.4, -0.2) is 42.3 Å². The zero-order valence-corrected chi connectivity index (χ0v) is 10.5. The summed E-state index contributed by atoms with van der Waals surface area (Å²) in [7, 11) is 0. The molecule has 0 unspecified atom stereocenters. The fraction of sp³-hybridized carbons (Fsp3) is 0.357. The van der Waals surface area contributed by atoms with Gasteiger partial charge in [0.05, 0.1) is 19.8 Å². The van der Waals surface area contributed by atoms with Gasteiger partial charge >= 0.3 is 5.97 Å². The van der Waals surface area contributed by atoms with E-state index in [9.17, 15) is 9.90 Å². The summed E-state index contributed by atoms with van der Waals surface area (Å²) in [5.74, 6) is -0.413. The second-order valence-corrected chi connectivity index (χ2v) is 4.59. The number of fused-ring (bicyclic) bond motifs is 1. The van der Waals surface area contributed by atoms with Gasteiger partial charge < -0.3 is 14.3 Å². The van der Waals surface area contributed by atoms with Gasteiger partial charge in [0.25, 0.3) is 0 Å². The number of carboxylic acid groups (broad SMARTS) is 1. The molecule has 0 spiro atoms. The molecule has 1 aromatic heterocycles. The van der Waals surface area contributed by atoms with E-state index in [-0.39, 0.29) is 5.56 Å². The number of para-hydroxylation sites is 1. The number of carboxylic acids is 1. The van der Waals surface area contributed by atoms with Crippen LogP contribution in [0.5, 0.6) is 0 Å². The van der Waals surface area contributed by atoms with Crippen molar-refractivity contribution in [1.29, 1.82) is 0 Å². The standard InChI is InChI=1S/C14H15NO4/c16-14(17)13-10-3-1-2-4-11(10)19-12(13)9-15-5-7-18-8-6-15/h1-4H,5-9H2,(H,16,17). The molecule has 0 saturated carbocycles. The molecular formula is C14H15NO4. The summed E-state index contributed by atoms with van der Waals surface area (Å²) in [6.45, 7) is 3.48. The maximum absolute atomic E-state index is 11.4. The van der Waals surface area contributed by atoms with Crippen LogP contribution in [0, 0.1) is 0 Å². The fourth-order valence-electron chi connectivity index (χ4n) is 2.40. The van der Waals surface area contributed by atoms with E-state index in [1.807, 2.05) is 12.1 Å². The summed E-state index contributed by atoms with van der Waals surface area (Å²) in [5, 5.41) is 10.0. The maximum atomic E-state index is 11.4. The summed E-state index contributed by atoms with van der Waals surface area (Å²) >= 11 is 0. The minimum atomic E-state index is -0.937. The number of benzene rings is 1. The molecule has 2 aromatic rings. The molecule has 0 amide bonds. The molecule has 1 saturated heterocycles. The summed E-state index contributed by atoms with van der Waals surface area (Å²) < 4.78 is 11.0. The number of furan rings is 1. The van der Waals surface area contributed by atoms with Crippen molar-refractivity contribution in [3.63, 3.8) is 0 Å². The predicted octanol–water partition coefficient (Wildman–Crippen LogP) is 1.96. The fourth-order valence-corrected chi connectivity index (χ4v) is 2.40. The Kier molecular flexibility index (Phi) is 3.23. The van der Waals surface area contributed by atoms with Gasteiger partial charge in [0.15, 0.2) is 0 Å². The average Bonchev–Trinajstić information content (AvgIpc) is 2.77. The van der Waals surface area contributed by atoms with Crippen LogP contribution in [0.4, 0.5) is 0 Å². The first-order valence-electron chi connectivity index (χ1n) is 6.29. The molecular weight excluding hydrogens is 246 g/mol. The van der Waals surface area contributed by atoms with Crippen LogP contribution in [0.15, 0.2) is 28.7 Å². The highest BCUT2D eigenvalue weighted by Crippen LogP contribution is 2.27. The predicted molar refractivity (Wildman–Crippen MR) is 69.3 cm³/mol. The van der Waals surface area contributed by atoms with Crippen LogP contribution in [0.2, 0.25) is 0 Å². The van der Waals surface area contributed by atoms with Crippen LogP contribution < -0.4 is 0 Å². The van der Waals surface area contributed by atoms with Gasteiger partial charge in [0, 0.05) is 18.5 Å². The van der Waals surface area contributed by atoms with Crippen molar-refractivity contribution < 1.29 is 19.1 Å². The van der Waals surface area contributed by atoms with E-state index in [1.54, 1.807) is 12.1 Å². The quantitative estimate of drug-likeness (QED) is 0.915. The Morgan fingerprint density at radius 2 is 2.00 bits per heavy atom. The average molecular weight is 261 g/mol. The Morgan fingerprint density at radius 1 is 1.26 bits per heavy atom. The van der Waals surface area contributed by atoms with E-state index in [1.165, 1.54) is 0 Å². The Labute approximate surface area is 110 Å². The van der Waals surface area contributed by atoms with Crippen molar-refractivity contribution in [2.75, 3.05) is 26.3 Å². The first-order chi connectivity index (χ1) is 9.25. The summed E-state index contributed by atoms with van der Waals surface area (Å²) in [6, 6.07) is 7.24. The van der Waals surface area contributed by atoms with Gasteiger partial charge in [-0.2, -0.15) is 0 Å². The van der Waals surface area contributed by atoms with E-state index in [4.69, 9.17) is 9.15 Å². The van der Waals surface area contributed by atoms with Gasteiger partial charge in [0.2, 0.25) is 0 Å². The van der Waals surface area contributed by atoms with E-state index in [0.29, 0.717) is 36.5 Å². The maximum Gasteiger partial charge on any atom is 0.339 e. The lowest BCUT2D eigenvalue weighted by molar-refractivity contribution is 0.0312. The van der Waals surface area contributed by atoms with Gasteiger partial charge in [-0.25, -0.2) is 4.79 Å². The number of hydrogen-bond donors (Lipinski definition) is 1. The second-order valence-electron chi connectivity index (χ2n) is 4.59. The Morgan fingerprint density at radius 3 is 2.74 bits per heavy atom. The first kappa shape index (κ1) is 12.2. The number of carbonyl (C=O) groups is 1. The van der Waals surface area contributed by atoms with Crippen molar-refractivity contribution >= 4 is 16.9 Å². The lowest BCUT2D eigenvalue weighted by atomic mass is 10.1. The molecule has 1 aliphatic rings. The highest BCUT2D eigenvalue weighted by molar-refractivity contribution is 6.03. The Bertz CT molecular complexity index is 599. The van der Waals surface area contributed by atoms with Gasteiger partial charge in [0.1, 0.15) is 16.9 Å². The molecule has 1 aromatic carbocycles. The highest BCUT2D eigenvalue weighted by Gasteiger charge is 2.22. The molecule has 0 bridgehead atoms. The number of nitrogens with zero attached hydrogens (tertiary/aromatic N) is 1. The molecule has 19 heavy (non-hydrogen) atoms. The third-order valence-electron chi connectivity index (χ3n) is 3.35. The van der Waals surface area contributed by atoms with Gasteiger partial charge in [-0.1, -0.05) is 18.2 Å². The van der Waals surface area contributed by atoms with Gasteiger partial charge in [-0.3, -0.25) is 4.90 Å². The minimum absolute atomic E-state index is 0.280. The van der Waals surface area contributed by atoms with E-state index < -0.39 is 5.97 Å². The van der Waals surface area contributed by atoms with Crippen LogP contribution in [-0.2, 0) is 11.3 Å². The topological polar surface area (TPSA) is 62.9 Å². The normalized spacial score (nSPS) is 16.8. The van der Waals surface area contributed by atoms with Crippen LogP contribution >= 0.6 is 0 Å². The molecule has 0 aliphatic carbocycles. The zero-order valence-electron chi connectivity index (χ0n) is 10.5. The van der Waals surface area contributed by atoms with Crippen LogP contribution in [0.3, 0.4) is 0 Å². The van der Waals surface area contributed by atoms with Gasteiger partial charge in [-0.05, 0) is 6.07 Å². The zero-order chi connectivity index (χ0) is 13.2. The Balaban J connectivity index is 1.97. The molecule has 1 N–H and O–H groups in total. The van der Waals surface area contributed by atoms with Gasteiger partial charge in [-0.15, -0.1) is 0 Å². The monoisotopic (exact) mass is 261 g/mol. The number of ether oxygens (including phenoxy) is 1. The number of morpholine rings is 1. The Hall–Kier alpha value is -1.85. The first-order valence-corrected chi connectivity index (χ1v) is 6.29. The summed E-state index contributed by atoms with van der Waals surface area (Å²) in [5.41, 5.74) is 0.908. The van der Waals surface area contributed by atoms with E-state index in [0.717, 1.165) is 13.1 Å². The van der Waals surface area contributed by atoms with Crippen molar-refractivity contribution in [3.8, 4) is 0 Å². The molecule has 5 heteroatoms. The van der Waals surface area contributed by atoms with Crippen LogP contribution in [0.25, 0.3) is 11.0 Å². The molecule has 0 radical (unpaired) electrons. The molecule has 5 nitrogen and oxygen atoms in total. The molecule has 100 valence electrons. The van der Waals surface area contributed by atoms with Crippen molar-refractivity contribution in [1.82, 2.24) is 4.90 Å². The lowest BCUT2D eigenvalue weighted by Gasteiger charge is -2.25. The van der Waals surface area contributed by atoms with E-state index >= 15 is 0 Å². The SMILES string of the molecule is O=C(O)c1c(CN2CCOCC2)oc2ccccc12. The molecule has 2 heterocycles. The lowest BCUT2D eigenvalue weighted by Crippen LogP contribution is -2.35. The number of aromatic carboxylic acids is 1. The van der Waals surface area contributed by atoms with Crippen molar-refractivity contribution in [2.45, 2.75) is 6.54 Å². The molecule has 0 atom stereocenters. The summed E-state index contributed by atoms with van der Waals surface area (Å²) in [4.78, 5) is 13.6. The minimum Gasteiger partial charge on any atom is -0.478 e. The third kappa shape index (κ3) is 2.34. The second kappa shape index (κ2) is 5.03. The van der Waals surface area contributed by atoms with Crippen molar-refractivity contribution in [2.24, 2.45) is 0 Å². The molecule has 1 aliphatic heterocycles. The highest BCUT2D eigenvalue weighted by atomic mass is 16.5. The smallest absolute Gasteiger partial charge is 0.339 e.